The summed E-state index contributed by atoms with van der Waals surface area (Å²) in [7, 11) is 0. The van der Waals surface area contributed by atoms with E-state index in [0.717, 1.165) is 47.3 Å². The summed E-state index contributed by atoms with van der Waals surface area (Å²) in [5.41, 5.74) is 7.26. The predicted molar refractivity (Wildman–Crippen MR) is 141 cm³/mol. The Morgan fingerprint density at radius 1 is 1.03 bits per heavy atom. The van der Waals surface area contributed by atoms with Crippen LogP contribution in [0.15, 0.2) is 66.7 Å². The summed E-state index contributed by atoms with van der Waals surface area (Å²) in [6.07, 6.45) is 1.61. The second-order valence-corrected chi connectivity index (χ2v) is 9.74. The van der Waals surface area contributed by atoms with E-state index in [4.69, 9.17) is 20.9 Å². The Hall–Kier alpha value is -4.31. The highest BCUT2D eigenvalue weighted by molar-refractivity contribution is 7.22. The molecule has 1 saturated heterocycles. The van der Waals surface area contributed by atoms with Crippen LogP contribution in [0.1, 0.15) is 39.1 Å². The highest BCUT2D eigenvalue weighted by atomic mass is 32.1. The van der Waals surface area contributed by atoms with Gasteiger partial charge in [-0.25, -0.2) is 14.2 Å². The van der Waals surface area contributed by atoms with Crippen LogP contribution in [0.3, 0.4) is 0 Å². The van der Waals surface area contributed by atoms with Crippen molar-refractivity contribution in [3.05, 3.63) is 89.2 Å². The predicted octanol–water partition coefficient (Wildman–Crippen LogP) is 4.34. The number of thiazole rings is 1. The zero-order valence-electron chi connectivity index (χ0n) is 19.7. The maximum absolute atomic E-state index is 14.3. The van der Waals surface area contributed by atoms with Gasteiger partial charge in [-0.15, -0.1) is 0 Å². The molecule has 37 heavy (non-hydrogen) atoms. The van der Waals surface area contributed by atoms with Gasteiger partial charge >= 0.3 is 5.97 Å². The Kier molecular flexibility index (Phi) is 6.82. The van der Waals surface area contributed by atoms with Gasteiger partial charge in [0, 0.05) is 30.3 Å². The number of carbonyl (C=O) groups is 2. The molecule has 1 aliphatic heterocycles. The monoisotopic (exact) mass is 517 g/mol. The number of nitrogen functional groups attached to an aromatic ring is 1. The fourth-order valence-electron chi connectivity index (χ4n) is 4.16. The van der Waals surface area contributed by atoms with Crippen molar-refractivity contribution in [1.29, 1.82) is 5.41 Å². The molecule has 5 rings (SSSR count). The van der Waals surface area contributed by atoms with Crippen LogP contribution in [0.4, 0.5) is 9.52 Å². The number of nitrogens with two attached hydrogens (primary N) is 1. The van der Waals surface area contributed by atoms with Crippen LogP contribution in [-0.2, 0) is 0 Å². The number of benzene rings is 3. The molecule has 2 heterocycles. The third kappa shape index (κ3) is 5.44. The van der Waals surface area contributed by atoms with E-state index in [1.807, 2.05) is 18.2 Å². The number of carbonyl (C=O) groups excluding carboxylic acids is 2. The summed E-state index contributed by atoms with van der Waals surface area (Å²) in [6, 6.07) is 18.1. The largest absolute Gasteiger partial charge is 0.420 e. The van der Waals surface area contributed by atoms with Crippen molar-refractivity contribution >= 4 is 44.4 Å². The van der Waals surface area contributed by atoms with Crippen LogP contribution in [0.2, 0.25) is 0 Å². The van der Waals surface area contributed by atoms with Crippen LogP contribution in [0, 0.1) is 11.2 Å². The highest BCUT2D eigenvalue weighted by Gasteiger charge is 2.23. The smallest absolute Gasteiger partial charge is 0.343 e. The molecule has 0 bridgehead atoms. The molecule has 4 N–H and O–H groups in total. The number of rotatable bonds is 6. The van der Waals surface area contributed by atoms with Gasteiger partial charge in [0.15, 0.2) is 16.7 Å². The van der Waals surface area contributed by atoms with Crippen LogP contribution in [0.5, 0.6) is 5.75 Å². The Balaban J connectivity index is 1.22. The van der Waals surface area contributed by atoms with Crippen molar-refractivity contribution in [2.24, 2.45) is 5.73 Å². The zero-order valence-corrected chi connectivity index (χ0v) is 20.6. The summed E-state index contributed by atoms with van der Waals surface area (Å²) >= 11 is 1.47. The number of esters is 1. The van der Waals surface area contributed by atoms with E-state index in [9.17, 15) is 14.0 Å². The van der Waals surface area contributed by atoms with E-state index in [0.29, 0.717) is 5.56 Å². The van der Waals surface area contributed by atoms with E-state index < -0.39 is 11.8 Å². The maximum atomic E-state index is 14.3. The fraction of sp³-hybridized carbons (Fsp3) is 0.185. The molecule has 1 aromatic heterocycles. The van der Waals surface area contributed by atoms with Gasteiger partial charge in [0.25, 0.3) is 5.91 Å². The molecule has 0 aliphatic carbocycles. The van der Waals surface area contributed by atoms with Crippen LogP contribution in [0.25, 0.3) is 10.2 Å². The summed E-state index contributed by atoms with van der Waals surface area (Å²) in [5, 5.41) is 11.3. The van der Waals surface area contributed by atoms with Crippen LogP contribution < -0.4 is 20.7 Å². The number of piperidine rings is 1. The molecule has 0 saturated carbocycles. The Morgan fingerprint density at radius 3 is 2.46 bits per heavy atom. The van der Waals surface area contributed by atoms with Gasteiger partial charge in [-0.2, -0.15) is 0 Å². The number of nitrogens with one attached hydrogen (secondary N) is 2. The molecule has 0 unspecified atom stereocenters. The van der Waals surface area contributed by atoms with E-state index in [-0.39, 0.29) is 34.7 Å². The SMILES string of the molecule is N=C(N)c1ccc(OC(=O)c2ccc3nc(N4CCC(NC(=O)c5ccccc5)CC4)sc3c2)c(F)c1. The molecule has 0 spiro atoms. The van der Waals surface area contributed by atoms with Crippen LogP contribution in [-0.4, -0.2) is 41.8 Å². The number of halogens is 1. The molecule has 1 aliphatic rings. The quantitative estimate of drug-likeness (QED) is 0.151. The molecule has 188 valence electrons. The van der Waals surface area contributed by atoms with Gasteiger partial charge in [0.2, 0.25) is 0 Å². The lowest BCUT2D eigenvalue weighted by Crippen LogP contribution is -2.44. The van der Waals surface area contributed by atoms with Crippen molar-refractivity contribution < 1.29 is 18.7 Å². The molecular formula is C27H24FN5O3S. The van der Waals surface area contributed by atoms with Gasteiger partial charge in [0.05, 0.1) is 15.8 Å². The molecular weight excluding hydrogens is 493 g/mol. The van der Waals surface area contributed by atoms with Gasteiger partial charge in [0.1, 0.15) is 5.84 Å². The van der Waals surface area contributed by atoms with Crippen molar-refractivity contribution in [2.45, 2.75) is 18.9 Å². The van der Waals surface area contributed by atoms with Crippen molar-refractivity contribution in [3.8, 4) is 5.75 Å². The third-order valence-corrected chi connectivity index (χ3v) is 7.27. The first-order chi connectivity index (χ1) is 17.9. The van der Waals surface area contributed by atoms with Gasteiger partial charge in [-0.1, -0.05) is 29.5 Å². The standard InChI is InChI=1S/C27H24FN5O3S/c28-20-14-17(24(29)30)7-9-22(20)36-26(35)18-6-8-21-23(15-18)37-27(32-21)33-12-10-19(11-13-33)31-25(34)16-4-2-1-3-5-16/h1-9,14-15,19H,10-13H2,(H3,29,30)(H,31,34). The number of aromatic nitrogens is 1. The zero-order chi connectivity index (χ0) is 25.9. The summed E-state index contributed by atoms with van der Waals surface area (Å²) in [5.74, 6) is -2.04. The first-order valence-corrected chi connectivity index (χ1v) is 12.6. The minimum Gasteiger partial charge on any atom is -0.420 e. The van der Waals surface area contributed by atoms with Crippen molar-refractivity contribution in [3.63, 3.8) is 0 Å². The van der Waals surface area contributed by atoms with Crippen LogP contribution >= 0.6 is 11.3 Å². The molecule has 3 aromatic carbocycles. The second-order valence-electron chi connectivity index (χ2n) is 8.73. The van der Waals surface area contributed by atoms with Gasteiger partial charge in [-0.3, -0.25) is 10.2 Å². The number of amidine groups is 1. The Bertz CT molecular complexity index is 1480. The minimum atomic E-state index is -0.773. The van der Waals surface area contributed by atoms with E-state index >= 15 is 0 Å². The fourth-order valence-corrected chi connectivity index (χ4v) is 5.21. The molecule has 10 heteroatoms. The number of hydrogen-bond acceptors (Lipinski definition) is 7. The first-order valence-electron chi connectivity index (χ1n) is 11.7. The van der Waals surface area contributed by atoms with Gasteiger partial charge in [-0.05, 0) is 61.4 Å². The molecule has 4 aromatic rings. The molecule has 1 amide bonds. The second kappa shape index (κ2) is 10.4. The Morgan fingerprint density at radius 2 is 1.76 bits per heavy atom. The summed E-state index contributed by atoms with van der Waals surface area (Å²) in [4.78, 5) is 32.0. The third-order valence-electron chi connectivity index (χ3n) is 6.20. The lowest BCUT2D eigenvalue weighted by atomic mass is 10.0. The number of nitrogens with zero attached hydrogens (tertiary/aromatic N) is 2. The van der Waals surface area contributed by atoms with E-state index in [1.54, 1.807) is 30.3 Å². The van der Waals surface area contributed by atoms with E-state index in [1.165, 1.54) is 23.5 Å². The number of ether oxygens (including phenoxy) is 1. The first kappa shape index (κ1) is 24.4. The molecule has 0 radical (unpaired) electrons. The normalized spacial score (nSPS) is 13.9. The molecule has 8 nitrogen and oxygen atoms in total. The summed E-state index contributed by atoms with van der Waals surface area (Å²) < 4.78 is 20.3. The number of hydrogen-bond donors (Lipinski definition) is 3. The average molecular weight is 518 g/mol. The van der Waals surface area contributed by atoms with Crippen molar-refractivity contribution in [2.75, 3.05) is 18.0 Å². The number of anilines is 1. The van der Waals surface area contributed by atoms with Gasteiger partial charge < -0.3 is 20.7 Å². The lowest BCUT2D eigenvalue weighted by Gasteiger charge is -2.32. The number of fused-ring (bicyclic) bond motifs is 1. The van der Waals surface area contributed by atoms with Crippen molar-refractivity contribution in [1.82, 2.24) is 10.3 Å². The lowest BCUT2D eigenvalue weighted by molar-refractivity contribution is 0.0727. The Labute approximate surface area is 216 Å². The molecule has 0 atom stereocenters. The summed E-state index contributed by atoms with van der Waals surface area (Å²) in [6.45, 7) is 1.51. The van der Waals surface area contributed by atoms with E-state index in [2.05, 4.69) is 10.2 Å². The highest BCUT2D eigenvalue weighted by Crippen LogP contribution is 2.31. The number of amides is 1. The maximum Gasteiger partial charge on any atom is 0.343 e. The topological polar surface area (TPSA) is 121 Å². The molecule has 1 fully saturated rings. The minimum absolute atomic E-state index is 0.0619. The average Bonchev–Trinajstić information content (AvgIpc) is 3.34.